The van der Waals surface area contributed by atoms with E-state index < -0.39 is 28.9 Å². The molecule has 0 bridgehead atoms. The van der Waals surface area contributed by atoms with Gasteiger partial charge in [0.15, 0.2) is 0 Å². The third-order valence-electron chi connectivity index (χ3n) is 3.30. The highest BCUT2D eigenvalue weighted by molar-refractivity contribution is 7.80. The Hall–Kier alpha value is -0.750. The molecular weight excluding hydrogens is 268 g/mol. The van der Waals surface area contributed by atoms with Gasteiger partial charge in [0.05, 0.1) is 16.9 Å². The van der Waals surface area contributed by atoms with Gasteiger partial charge in [-0.1, -0.05) is 6.92 Å². The number of aliphatic hydroxyl groups excluding tert-OH is 1. The predicted molar refractivity (Wildman–Crippen MR) is 75.3 cm³/mol. The van der Waals surface area contributed by atoms with Gasteiger partial charge in [-0.15, -0.1) is 0 Å². The average molecular weight is 292 g/mol. The molecule has 2 unspecified atom stereocenters. The van der Waals surface area contributed by atoms with Crippen molar-refractivity contribution in [2.75, 3.05) is 12.4 Å². The summed E-state index contributed by atoms with van der Waals surface area (Å²) in [4.78, 5) is 23.2. The third kappa shape index (κ3) is 5.40. The fourth-order valence-electron chi connectivity index (χ4n) is 1.82. The molecule has 0 rings (SSSR count). The molecule has 0 aliphatic rings. The molecule has 0 amide bonds. The Labute approximate surface area is 119 Å². The number of hydrogen-bond acceptors (Lipinski definition) is 5. The molecule has 2 N–H and O–H groups in total. The van der Waals surface area contributed by atoms with Crippen LogP contribution in [0.4, 0.5) is 0 Å². The van der Waals surface area contributed by atoms with E-state index in [1.165, 1.54) is 0 Å². The topological polar surface area (TPSA) is 83.8 Å². The van der Waals surface area contributed by atoms with E-state index in [2.05, 4.69) is 12.6 Å². The van der Waals surface area contributed by atoms with Crippen LogP contribution in [-0.4, -0.2) is 40.6 Å². The second-order valence-corrected chi connectivity index (χ2v) is 6.08. The summed E-state index contributed by atoms with van der Waals surface area (Å²) in [6.45, 7) is 6.58. The van der Waals surface area contributed by atoms with Crippen LogP contribution in [0.15, 0.2) is 0 Å². The van der Waals surface area contributed by atoms with Crippen LogP contribution in [0.1, 0.15) is 40.5 Å². The van der Waals surface area contributed by atoms with Gasteiger partial charge in [0, 0.05) is 5.75 Å². The summed E-state index contributed by atoms with van der Waals surface area (Å²) in [5.74, 6) is -1.23. The molecule has 0 aromatic carbocycles. The molecule has 0 fully saturated rings. The van der Waals surface area contributed by atoms with E-state index in [4.69, 9.17) is 4.74 Å². The molecule has 2 atom stereocenters. The largest absolute Gasteiger partial charge is 0.481 e. The highest BCUT2D eigenvalue weighted by atomic mass is 32.1. The first-order chi connectivity index (χ1) is 8.59. The zero-order chi connectivity index (χ0) is 15.3. The maximum absolute atomic E-state index is 12.0. The molecule has 0 spiro atoms. The summed E-state index contributed by atoms with van der Waals surface area (Å²) in [6.07, 6.45) is -0.194. The third-order valence-corrected chi connectivity index (χ3v) is 3.72. The molecule has 19 heavy (non-hydrogen) atoms. The van der Waals surface area contributed by atoms with Gasteiger partial charge in [0.25, 0.3) is 0 Å². The van der Waals surface area contributed by atoms with E-state index in [0.717, 1.165) is 0 Å². The number of carbonyl (C=O) groups is 2. The molecule has 0 aromatic rings. The number of carboxylic acid groups (broad SMARTS) is 1. The highest BCUT2D eigenvalue weighted by Crippen LogP contribution is 2.37. The maximum atomic E-state index is 12.0. The van der Waals surface area contributed by atoms with Crippen LogP contribution in [0.2, 0.25) is 0 Å². The number of carbonyl (C=O) groups excluding carboxylic acids is 1. The minimum absolute atomic E-state index is 0.123. The second kappa shape index (κ2) is 7.14. The maximum Gasteiger partial charge on any atom is 0.311 e. The van der Waals surface area contributed by atoms with Crippen molar-refractivity contribution in [3.8, 4) is 0 Å². The first kappa shape index (κ1) is 18.2. The van der Waals surface area contributed by atoms with E-state index >= 15 is 0 Å². The van der Waals surface area contributed by atoms with E-state index in [9.17, 15) is 19.8 Å². The van der Waals surface area contributed by atoms with E-state index in [-0.39, 0.29) is 18.8 Å². The normalized spacial score (nSPS) is 16.5. The van der Waals surface area contributed by atoms with Crippen molar-refractivity contribution < 1.29 is 24.5 Å². The van der Waals surface area contributed by atoms with Crippen molar-refractivity contribution in [3.63, 3.8) is 0 Å². The van der Waals surface area contributed by atoms with E-state index in [1.807, 2.05) is 0 Å². The van der Waals surface area contributed by atoms with Gasteiger partial charge in [-0.2, -0.15) is 12.6 Å². The number of rotatable bonds is 8. The lowest BCUT2D eigenvalue weighted by Gasteiger charge is -2.32. The summed E-state index contributed by atoms with van der Waals surface area (Å²) >= 11 is 3.88. The number of ether oxygens (including phenoxy) is 1. The van der Waals surface area contributed by atoms with Gasteiger partial charge in [-0.25, -0.2) is 0 Å². The molecular formula is C13H24O5S. The molecule has 112 valence electrons. The molecule has 0 aliphatic carbocycles. The van der Waals surface area contributed by atoms with Crippen molar-refractivity contribution in [1.29, 1.82) is 0 Å². The quantitative estimate of drug-likeness (QED) is 0.469. The molecule has 0 heterocycles. The van der Waals surface area contributed by atoms with Gasteiger partial charge in [0.2, 0.25) is 0 Å². The molecule has 5 nitrogen and oxygen atoms in total. The Bertz CT molecular complexity index is 329. The van der Waals surface area contributed by atoms with Crippen molar-refractivity contribution in [2.24, 2.45) is 10.8 Å². The van der Waals surface area contributed by atoms with Crippen LogP contribution in [0, 0.1) is 10.8 Å². The Morgan fingerprint density at radius 2 is 1.84 bits per heavy atom. The minimum Gasteiger partial charge on any atom is -0.481 e. The number of aliphatic hydroxyl groups is 1. The Kier molecular flexibility index (Phi) is 6.86. The van der Waals surface area contributed by atoms with Crippen LogP contribution in [0.5, 0.6) is 0 Å². The van der Waals surface area contributed by atoms with Gasteiger partial charge >= 0.3 is 11.9 Å². The van der Waals surface area contributed by atoms with Crippen LogP contribution in [0.25, 0.3) is 0 Å². The number of esters is 1. The lowest BCUT2D eigenvalue weighted by Crippen LogP contribution is -2.38. The molecule has 0 aliphatic heterocycles. The Balaban J connectivity index is 4.69. The Morgan fingerprint density at radius 1 is 1.32 bits per heavy atom. The fraction of sp³-hybridized carbons (Fsp3) is 0.846. The van der Waals surface area contributed by atoms with Crippen molar-refractivity contribution in [3.05, 3.63) is 0 Å². The van der Waals surface area contributed by atoms with Gasteiger partial charge in [-0.05, 0) is 33.6 Å². The first-order valence-electron chi connectivity index (χ1n) is 6.28. The Morgan fingerprint density at radius 3 is 2.21 bits per heavy atom. The molecule has 0 radical (unpaired) electrons. The number of carboxylic acids is 1. The van der Waals surface area contributed by atoms with E-state index in [0.29, 0.717) is 6.42 Å². The highest BCUT2D eigenvalue weighted by Gasteiger charge is 2.42. The fourth-order valence-corrected chi connectivity index (χ4v) is 1.92. The summed E-state index contributed by atoms with van der Waals surface area (Å²) in [7, 11) is 0. The summed E-state index contributed by atoms with van der Waals surface area (Å²) in [5, 5.41) is 18.5. The number of aliphatic carboxylic acids is 1. The number of thiol groups is 1. The lowest BCUT2D eigenvalue weighted by atomic mass is 9.72. The van der Waals surface area contributed by atoms with Crippen molar-refractivity contribution in [1.82, 2.24) is 0 Å². The molecule has 0 saturated heterocycles. The van der Waals surface area contributed by atoms with Gasteiger partial charge < -0.3 is 14.9 Å². The predicted octanol–water partition coefficient (Wildman–Crippen LogP) is 1.74. The van der Waals surface area contributed by atoms with Crippen LogP contribution in [-0.2, 0) is 14.3 Å². The molecule has 0 aromatic heterocycles. The summed E-state index contributed by atoms with van der Waals surface area (Å²) < 4.78 is 5.00. The average Bonchev–Trinajstić information content (AvgIpc) is 2.34. The summed E-state index contributed by atoms with van der Waals surface area (Å²) in [6, 6.07) is 0. The summed E-state index contributed by atoms with van der Waals surface area (Å²) in [5.41, 5.74) is -1.88. The van der Waals surface area contributed by atoms with Crippen molar-refractivity contribution >= 4 is 24.6 Å². The lowest BCUT2D eigenvalue weighted by molar-refractivity contribution is -0.161. The second-order valence-electron chi connectivity index (χ2n) is 5.71. The van der Waals surface area contributed by atoms with Crippen LogP contribution >= 0.6 is 12.6 Å². The standard InChI is InChI=1S/C13H24O5S/c1-5-13(4,10(15)16)8-12(2,3)11(17)18-6-9(14)7-19/h9,14,19H,5-8H2,1-4H3,(H,15,16). The first-order valence-corrected chi connectivity index (χ1v) is 6.92. The van der Waals surface area contributed by atoms with Crippen molar-refractivity contribution in [2.45, 2.75) is 46.6 Å². The SMILES string of the molecule is CCC(C)(CC(C)(C)C(=O)OCC(O)CS)C(=O)O. The van der Waals surface area contributed by atoms with Gasteiger partial charge in [-0.3, -0.25) is 9.59 Å². The number of hydrogen-bond donors (Lipinski definition) is 3. The zero-order valence-corrected chi connectivity index (χ0v) is 12.9. The smallest absolute Gasteiger partial charge is 0.311 e. The minimum atomic E-state index is -0.968. The van der Waals surface area contributed by atoms with Crippen LogP contribution < -0.4 is 0 Å². The monoisotopic (exact) mass is 292 g/mol. The van der Waals surface area contributed by atoms with Crippen LogP contribution in [0.3, 0.4) is 0 Å². The molecule has 6 heteroatoms. The van der Waals surface area contributed by atoms with Gasteiger partial charge in [0.1, 0.15) is 6.61 Å². The van der Waals surface area contributed by atoms with E-state index in [1.54, 1.807) is 27.7 Å². The zero-order valence-electron chi connectivity index (χ0n) is 12.0. The molecule has 0 saturated carbocycles.